The molecule has 0 radical (unpaired) electrons. The fraction of sp³-hybridized carbons (Fsp3) is 0.308. The number of methoxy groups -OCH3 is 2. The molecule has 2 aromatic rings. The normalized spacial score (nSPS) is 10.4. The average molecular weight is 265 g/mol. The van der Waals surface area contributed by atoms with Gasteiger partial charge in [-0.2, -0.15) is 0 Å². The maximum atomic E-state index is 9.00. The summed E-state index contributed by atoms with van der Waals surface area (Å²) in [5.41, 5.74) is 1.10. The van der Waals surface area contributed by atoms with Crippen LogP contribution >= 0.6 is 11.3 Å². The smallest absolute Gasteiger partial charge is 0.160 e. The van der Waals surface area contributed by atoms with Crippen LogP contribution in [0, 0.1) is 0 Å². The molecule has 0 fully saturated rings. The zero-order valence-electron chi connectivity index (χ0n) is 10.3. The van der Waals surface area contributed by atoms with Crippen LogP contribution in [0.15, 0.2) is 24.4 Å². The Hall–Kier alpha value is -1.59. The number of benzene rings is 1. The van der Waals surface area contributed by atoms with Gasteiger partial charge in [-0.3, -0.25) is 0 Å². The standard InChI is InChI=1S/C13H15NO3S/c1-16-11-4-3-9(5-12(11)17-2)6-13-14-7-10(8-15)18-13/h3-5,7,15H,6,8H2,1-2H3. The van der Waals surface area contributed by atoms with Gasteiger partial charge in [0, 0.05) is 12.6 Å². The number of aromatic nitrogens is 1. The number of ether oxygens (including phenoxy) is 2. The molecule has 0 unspecified atom stereocenters. The van der Waals surface area contributed by atoms with E-state index >= 15 is 0 Å². The monoisotopic (exact) mass is 265 g/mol. The van der Waals surface area contributed by atoms with Crippen molar-refractivity contribution in [1.82, 2.24) is 4.98 Å². The van der Waals surface area contributed by atoms with Gasteiger partial charge >= 0.3 is 0 Å². The quantitative estimate of drug-likeness (QED) is 0.901. The summed E-state index contributed by atoms with van der Waals surface area (Å²) in [4.78, 5) is 5.15. The molecule has 0 aliphatic carbocycles. The van der Waals surface area contributed by atoms with E-state index in [4.69, 9.17) is 14.6 Å². The van der Waals surface area contributed by atoms with E-state index in [9.17, 15) is 0 Å². The zero-order chi connectivity index (χ0) is 13.0. The molecule has 1 heterocycles. The van der Waals surface area contributed by atoms with Crippen molar-refractivity contribution < 1.29 is 14.6 Å². The second kappa shape index (κ2) is 5.84. The minimum absolute atomic E-state index is 0.0452. The molecular formula is C13H15NO3S. The lowest BCUT2D eigenvalue weighted by Crippen LogP contribution is -1.93. The molecule has 18 heavy (non-hydrogen) atoms. The highest BCUT2D eigenvalue weighted by molar-refractivity contribution is 7.11. The Bertz CT molecular complexity index is 525. The fourth-order valence-corrected chi connectivity index (χ4v) is 2.48. The third-order valence-corrected chi connectivity index (χ3v) is 3.54. The van der Waals surface area contributed by atoms with Crippen molar-refractivity contribution in [2.45, 2.75) is 13.0 Å². The Morgan fingerprint density at radius 3 is 2.61 bits per heavy atom. The highest BCUT2D eigenvalue weighted by Gasteiger charge is 2.07. The highest BCUT2D eigenvalue weighted by atomic mass is 32.1. The lowest BCUT2D eigenvalue weighted by Gasteiger charge is -2.08. The van der Waals surface area contributed by atoms with Crippen molar-refractivity contribution in [3.8, 4) is 11.5 Å². The average Bonchev–Trinajstić information content (AvgIpc) is 2.86. The molecular weight excluding hydrogens is 250 g/mol. The third-order valence-electron chi connectivity index (χ3n) is 2.56. The van der Waals surface area contributed by atoms with Gasteiger partial charge in [-0.15, -0.1) is 11.3 Å². The van der Waals surface area contributed by atoms with Gasteiger partial charge in [0.25, 0.3) is 0 Å². The van der Waals surface area contributed by atoms with Crippen molar-refractivity contribution in [2.75, 3.05) is 14.2 Å². The van der Waals surface area contributed by atoms with Crippen molar-refractivity contribution in [1.29, 1.82) is 0 Å². The van der Waals surface area contributed by atoms with Crippen molar-refractivity contribution in [2.24, 2.45) is 0 Å². The lowest BCUT2D eigenvalue weighted by molar-refractivity contribution is 0.285. The molecule has 1 N–H and O–H groups in total. The van der Waals surface area contributed by atoms with Crippen LogP contribution in [0.1, 0.15) is 15.4 Å². The predicted molar refractivity (Wildman–Crippen MR) is 70.4 cm³/mol. The van der Waals surface area contributed by atoms with E-state index < -0.39 is 0 Å². The molecule has 0 saturated carbocycles. The minimum atomic E-state index is 0.0452. The second-order valence-corrected chi connectivity index (χ2v) is 4.94. The number of rotatable bonds is 5. The molecule has 0 spiro atoms. The van der Waals surface area contributed by atoms with Crippen LogP contribution in [0.5, 0.6) is 11.5 Å². The topological polar surface area (TPSA) is 51.6 Å². The molecule has 0 aliphatic heterocycles. The molecule has 96 valence electrons. The van der Waals surface area contributed by atoms with Crippen LogP contribution in [-0.4, -0.2) is 24.3 Å². The van der Waals surface area contributed by atoms with Gasteiger partial charge < -0.3 is 14.6 Å². The van der Waals surface area contributed by atoms with Gasteiger partial charge in [0.05, 0.1) is 30.7 Å². The number of hydrogen-bond donors (Lipinski definition) is 1. The molecule has 1 aromatic heterocycles. The Kier molecular flexibility index (Phi) is 4.17. The summed E-state index contributed by atoms with van der Waals surface area (Å²) in [6.45, 7) is 0.0452. The van der Waals surface area contributed by atoms with Gasteiger partial charge in [0.1, 0.15) is 0 Å². The van der Waals surface area contributed by atoms with E-state index in [2.05, 4.69) is 4.98 Å². The maximum Gasteiger partial charge on any atom is 0.160 e. The number of aliphatic hydroxyl groups excluding tert-OH is 1. The van der Waals surface area contributed by atoms with Gasteiger partial charge in [0.15, 0.2) is 11.5 Å². The second-order valence-electron chi connectivity index (χ2n) is 3.74. The van der Waals surface area contributed by atoms with Gasteiger partial charge in [-0.05, 0) is 17.7 Å². The molecule has 0 aliphatic rings. The van der Waals surface area contributed by atoms with Crippen LogP contribution in [-0.2, 0) is 13.0 Å². The highest BCUT2D eigenvalue weighted by Crippen LogP contribution is 2.29. The summed E-state index contributed by atoms with van der Waals surface area (Å²) in [5.74, 6) is 1.44. The van der Waals surface area contributed by atoms with Crippen LogP contribution < -0.4 is 9.47 Å². The summed E-state index contributed by atoms with van der Waals surface area (Å²) < 4.78 is 10.5. The Balaban J connectivity index is 2.18. The van der Waals surface area contributed by atoms with Crippen LogP contribution in [0.2, 0.25) is 0 Å². The van der Waals surface area contributed by atoms with Gasteiger partial charge in [-0.25, -0.2) is 4.98 Å². The van der Waals surface area contributed by atoms with Gasteiger partial charge in [0.2, 0.25) is 0 Å². The first-order chi connectivity index (χ1) is 8.76. The molecule has 0 bridgehead atoms. The Morgan fingerprint density at radius 1 is 1.22 bits per heavy atom. The van der Waals surface area contributed by atoms with Crippen molar-refractivity contribution in [3.63, 3.8) is 0 Å². The summed E-state index contributed by atoms with van der Waals surface area (Å²) in [5, 5.41) is 9.98. The SMILES string of the molecule is COc1ccc(Cc2ncc(CO)s2)cc1OC. The first-order valence-electron chi connectivity index (χ1n) is 5.52. The molecule has 0 amide bonds. The number of aliphatic hydroxyl groups is 1. The molecule has 0 atom stereocenters. The van der Waals surface area contributed by atoms with E-state index in [1.807, 2.05) is 18.2 Å². The molecule has 5 heteroatoms. The predicted octanol–water partition coefficient (Wildman–Crippen LogP) is 2.24. The van der Waals surface area contributed by atoms with Crippen LogP contribution in [0.3, 0.4) is 0 Å². The van der Waals surface area contributed by atoms with E-state index in [0.717, 1.165) is 27.6 Å². The Labute approximate surface area is 110 Å². The largest absolute Gasteiger partial charge is 0.493 e. The minimum Gasteiger partial charge on any atom is -0.493 e. The molecule has 4 nitrogen and oxygen atoms in total. The summed E-state index contributed by atoms with van der Waals surface area (Å²) in [6.07, 6.45) is 2.44. The maximum absolute atomic E-state index is 9.00. The lowest BCUT2D eigenvalue weighted by atomic mass is 10.1. The summed E-state index contributed by atoms with van der Waals surface area (Å²) >= 11 is 1.52. The first kappa shape index (κ1) is 12.9. The van der Waals surface area contributed by atoms with E-state index in [0.29, 0.717) is 5.75 Å². The van der Waals surface area contributed by atoms with Gasteiger partial charge in [-0.1, -0.05) is 6.07 Å². The molecule has 2 rings (SSSR count). The summed E-state index contributed by atoms with van der Waals surface area (Å²) in [6, 6.07) is 5.81. The first-order valence-corrected chi connectivity index (χ1v) is 6.33. The van der Waals surface area contributed by atoms with E-state index in [1.54, 1.807) is 20.4 Å². The van der Waals surface area contributed by atoms with Crippen molar-refractivity contribution in [3.05, 3.63) is 39.8 Å². The van der Waals surface area contributed by atoms with Crippen molar-refractivity contribution >= 4 is 11.3 Å². The van der Waals surface area contributed by atoms with E-state index in [1.165, 1.54) is 11.3 Å². The zero-order valence-corrected chi connectivity index (χ0v) is 11.2. The number of hydrogen-bond acceptors (Lipinski definition) is 5. The fourth-order valence-electron chi connectivity index (χ4n) is 1.67. The molecule has 0 saturated heterocycles. The van der Waals surface area contributed by atoms with Crippen LogP contribution in [0.25, 0.3) is 0 Å². The van der Waals surface area contributed by atoms with Crippen LogP contribution in [0.4, 0.5) is 0 Å². The third kappa shape index (κ3) is 2.80. The summed E-state index contributed by atoms with van der Waals surface area (Å²) in [7, 11) is 3.24. The number of nitrogens with zero attached hydrogens (tertiary/aromatic N) is 1. The Morgan fingerprint density at radius 2 is 2.00 bits per heavy atom. The molecule has 1 aromatic carbocycles. The number of thiazole rings is 1. The van der Waals surface area contributed by atoms with E-state index in [-0.39, 0.29) is 6.61 Å².